The van der Waals surface area contributed by atoms with E-state index in [4.69, 9.17) is 10.5 Å². The molecule has 0 unspecified atom stereocenters. The van der Waals surface area contributed by atoms with Gasteiger partial charge in [-0.3, -0.25) is 9.59 Å². The molecule has 24 heavy (non-hydrogen) atoms. The fourth-order valence-corrected chi connectivity index (χ4v) is 2.91. The summed E-state index contributed by atoms with van der Waals surface area (Å²) in [6.45, 7) is 3.03. The maximum Gasteiger partial charge on any atom is 0.225 e. The molecule has 2 rings (SSSR count). The van der Waals surface area contributed by atoms with Crippen LogP contribution in [0.5, 0.6) is 0 Å². The first kappa shape index (κ1) is 18.4. The lowest BCUT2D eigenvalue weighted by Gasteiger charge is -2.34. The Kier molecular flexibility index (Phi) is 6.31. The lowest BCUT2D eigenvalue weighted by Crippen LogP contribution is -2.50. The molecule has 1 heterocycles. The summed E-state index contributed by atoms with van der Waals surface area (Å²) in [5.74, 6) is -0.998. The second-order valence-electron chi connectivity index (χ2n) is 6.54. The van der Waals surface area contributed by atoms with Crippen molar-refractivity contribution >= 4 is 11.8 Å². The highest BCUT2D eigenvalue weighted by molar-refractivity contribution is 5.83. The van der Waals surface area contributed by atoms with Crippen LogP contribution in [0.2, 0.25) is 0 Å². The predicted octanol–water partition coefficient (Wildman–Crippen LogP) is 1.79. The third kappa shape index (κ3) is 4.77. The molecule has 1 aromatic rings. The number of primary amides is 1. The summed E-state index contributed by atoms with van der Waals surface area (Å²) in [6.07, 6.45) is 2.30. The summed E-state index contributed by atoms with van der Waals surface area (Å²) in [5, 5.41) is 2.85. The van der Waals surface area contributed by atoms with Crippen LogP contribution in [0.4, 0.5) is 4.39 Å². The molecule has 0 radical (unpaired) electrons. The molecule has 1 saturated heterocycles. The second kappa shape index (κ2) is 8.24. The van der Waals surface area contributed by atoms with Crippen LogP contribution < -0.4 is 11.1 Å². The summed E-state index contributed by atoms with van der Waals surface area (Å²) in [5.41, 5.74) is 5.69. The number of benzene rings is 1. The van der Waals surface area contributed by atoms with Gasteiger partial charge in [-0.2, -0.15) is 0 Å². The van der Waals surface area contributed by atoms with Crippen molar-refractivity contribution in [1.29, 1.82) is 0 Å². The molecule has 1 atom stereocenters. The van der Waals surface area contributed by atoms with Crippen LogP contribution in [0.1, 0.15) is 31.7 Å². The number of ether oxygens (including phenoxy) is 1. The topological polar surface area (TPSA) is 81.4 Å². The maximum atomic E-state index is 13.2. The van der Waals surface area contributed by atoms with E-state index in [0.29, 0.717) is 38.9 Å². The second-order valence-corrected chi connectivity index (χ2v) is 6.54. The van der Waals surface area contributed by atoms with Crippen molar-refractivity contribution in [3.05, 3.63) is 35.6 Å². The maximum absolute atomic E-state index is 13.2. The van der Waals surface area contributed by atoms with Crippen LogP contribution in [0.25, 0.3) is 0 Å². The first-order valence-corrected chi connectivity index (χ1v) is 8.33. The van der Waals surface area contributed by atoms with E-state index in [2.05, 4.69) is 5.32 Å². The molecule has 1 fully saturated rings. The van der Waals surface area contributed by atoms with Gasteiger partial charge < -0.3 is 15.8 Å². The molecular formula is C18H25FN2O3. The first-order chi connectivity index (χ1) is 11.4. The minimum absolute atomic E-state index is 0.112. The highest BCUT2D eigenvalue weighted by Crippen LogP contribution is 2.29. The van der Waals surface area contributed by atoms with Crippen molar-refractivity contribution in [2.75, 3.05) is 19.8 Å². The Morgan fingerprint density at radius 3 is 2.71 bits per heavy atom. The molecule has 2 amide bonds. The number of hydrogen-bond acceptors (Lipinski definition) is 3. The van der Waals surface area contributed by atoms with Crippen LogP contribution >= 0.6 is 0 Å². The summed E-state index contributed by atoms with van der Waals surface area (Å²) in [7, 11) is 0. The van der Waals surface area contributed by atoms with E-state index in [-0.39, 0.29) is 24.2 Å². The monoisotopic (exact) mass is 336 g/mol. The van der Waals surface area contributed by atoms with Crippen LogP contribution in [0.15, 0.2) is 24.3 Å². The van der Waals surface area contributed by atoms with Gasteiger partial charge in [0.25, 0.3) is 0 Å². The summed E-state index contributed by atoms with van der Waals surface area (Å²) in [4.78, 5) is 24.1. The first-order valence-electron chi connectivity index (χ1n) is 8.33. The van der Waals surface area contributed by atoms with Gasteiger partial charge in [-0.1, -0.05) is 19.1 Å². The molecule has 0 aromatic heterocycles. The Hall–Kier alpha value is -1.95. The van der Waals surface area contributed by atoms with Gasteiger partial charge in [0.15, 0.2) is 0 Å². The van der Waals surface area contributed by atoms with Crippen molar-refractivity contribution in [3.63, 3.8) is 0 Å². The van der Waals surface area contributed by atoms with Crippen LogP contribution in [0, 0.1) is 17.2 Å². The van der Waals surface area contributed by atoms with Crippen LogP contribution in [-0.4, -0.2) is 31.6 Å². The molecule has 5 nitrogen and oxygen atoms in total. The third-order valence-corrected chi connectivity index (χ3v) is 4.78. The van der Waals surface area contributed by atoms with E-state index in [1.54, 1.807) is 6.07 Å². The van der Waals surface area contributed by atoms with Crippen molar-refractivity contribution in [1.82, 2.24) is 5.32 Å². The Bertz CT molecular complexity index is 585. The van der Waals surface area contributed by atoms with Crippen molar-refractivity contribution < 1.29 is 18.7 Å². The number of nitrogens with one attached hydrogen (secondary N) is 1. The van der Waals surface area contributed by atoms with Crippen molar-refractivity contribution in [3.8, 4) is 0 Å². The zero-order chi connectivity index (χ0) is 17.6. The number of amides is 2. The summed E-state index contributed by atoms with van der Waals surface area (Å²) >= 11 is 0. The molecule has 0 saturated carbocycles. The van der Waals surface area contributed by atoms with Crippen LogP contribution in [0.3, 0.4) is 0 Å². The lowest BCUT2D eigenvalue weighted by atomic mass is 9.79. The zero-order valence-electron chi connectivity index (χ0n) is 14.0. The number of hydrogen-bond donors (Lipinski definition) is 2. The predicted molar refractivity (Wildman–Crippen MR) is 88.6 cm³/mol. The van der Waals surface area contributed by atoms with Gasteiger partial charge >= 0.3 is 0 Å². The zero-order valence-corrected chi connectivity index (χ0v) is 14.0. The molecule has 1 aromatic carbocycles. The quantitative estimate of drug-likeness (QED) is 0.796. The third-order valence-electron chi connectivity index (χ3n) is 4.78. The highest BCUT2D eigenvalue weighted by atomic mass is 19.1. The van der Waals surface area contributed by atoms with Gasteiger partial charge in [0.2, 0.25) is 11.8 Å². The largest absolute Gasteiger partial charge is 0.381 e. The number of carbonyl (C=O) groups excluding carboxylic acids is 2. The number of halogens is 1. The molecule has 0 spiro atoms. The molecule has 132 valence electrons. The van der Waals surface area contributed by atoms with Crippen molar-refractivity contribution in [2.24, 2.45) is 17.1 Å². The van der Waals surface area contributed by atoms with Gasteiger partial charge in [0.1, 0.15) is 5.82 Å². The highest BCUT2D eigenvalue weighted by Gasteiger charge is 2.38. The van der Waals surface area contributed by atoms with Gasteiger partial charge in [0.05, 0.1) is 5.41 Å². The van der Waals surface area contributed by atoms with Gasteiger partial charge in [0, 0.05) is 25.7 Å². The Morgan fingerprint density at radius 2 is 2.08 bits per heavy atom. The molecule has 0 aliphatic carbocycles. The number of carbonyl (C=O) groups is 2. The van der Waals surface area contributed by atoms with E-state index < -0.39 is 11.3 Å². The van der Waals surface area contributed by atoms with E-state index in [1.165, 1.54) is 12.1 Å². The van der Waals surface area contributed by atoms with E-state index in [9.17, 15) is 14.0 Å². The molecule has 6 heteroatoms. The number of nitrogens with two attached hydrogens (primary N) is 1. The molecule has 3 N–H and O–H groups in total. The number of rotatable bonds is 7. The van der Waals surface area contributed by atoms with Gasteiger partial charge in [-0.15, -0.1) is 0 Å². The Labute approximate surface area is 141 Å². The average Bonchev–Trinajstić information content (AvgIpc) is 2.58. The average molecular weight is 336 g/mol. The Morgan fingerprint density at radius 1 is 1.38 bits per heavy atom. The minimum atomic E-state index is -0.712. The SMILES string of the molecule is C[C@@H](CCc1cccc(F)c1)C(=O)NCC1(C(N)=O)CCOCC1. The molecule has 1 aliphatic rings. The normalized spacial score (nSPS) is 17.9. The van der Waals surface area contributed by atoms with E-state index in [0.717, 1.165) is 5.56 Å². The Balaban J connectivity index is 1.83. The fourth-order valence-electron chi connectivity index (χ4n) is 2.91. The molecular weight excluding hydrogens is 311 g/mol. The summed E-state index contributed by atoms with van der Waals surface area (Å²) in [6, 6.07) is 6.39. The van der Waals surface area contributed by atoms with E-state index >= 15 is 0 Å². The minimum Gasteiger partial charge on any atom is -0.381 e. The van der Waals surface area contributed by atoms with Gasteiger partial charge in [-0.05, 0) is 43.4 Å². The lowest BCUT2D eigenvalue weighted by molar-refractivity contribution is -0.134. The fraction of sp³-hybridized carbons (Fsp3) is 0.556. The standard InChI is InChI=1S/C18H25FN2O3/c1-13(5-6-14-3-2-4-15(19)11-14)16(22)21-12-18(17(20)23)7-9-24-10-8-18/h2-4,11,13H,5-10,12H2,1H3,(H2,20,23)(H,21,22)/t13-/m0/s1. The van der Waals surface area contributed by atoms with E-state index in [1.807, 2.05) is 13.0 Å². The molecule has 0 bridgehead atoms. The van der Waals surface area contributed by atoms with Crippen molar-refractivity contribution in [2.45, 2.75) is 32.6 Å². The molecule has 1 aliphatic heterocycles. The van der Waals surface area contributed by atoms with Crippen LogP contribution in [-0.2, 0) is 20.7 Å². The summed E-state index contributed by atoms with van der Waals surface area (Å²) < 4.78 is 18.4. The van der Waals surface area contributed by atoms with Gasteiger partial charge in [-0.25, -0.2) is 4.39 Å². The smallest absolute Gasteiger partial charge is 0.225 e. The number of aryl methyl sites for hydroxylation is 1.